The number of ketones is 2. The van der Waals surface area contributed by atoms with Gasteiger partial charge in [-0.2, -0.15) is 0 Å². The van der Waals surface area contributed by atoms with Crippen molar-refractivity contribution in [3.63, 3.8) is 0 Å². The maximum Gasteiger partial charge on any atom is 0.318 e. The number of rotatable bonds is 9. The zero-order chi connectivity index (χ0) is 24.0. The van der Waals surface area contributed by atoms with Crippen LogP contribution in [0.15, 0.2) is 12.1 Å². The summed E-state index contributed by atoms with van der Waals surface area (Å²) in [6.45, 7) is 3.14. The van der Waals surface area contributed by atoms with Gasteiger partial charge in [-0.15, -0.1) is 0 Å². The second-order valence-electron chi connectivity index (χ2n) is 8.84. The van der Waals surface area contributed by atoms with E-state index in [0.717, 1.165) is 43.2 Å². The molecule has 2 fully saturated rings. The van der Waals surface area contributed by atoms with E-state index >= 15 is 0 Å². The highest BCUT2D eigenvalue weighted by molar-refractivity contribution is 6.20. The molecule has 1 unspecified atom stereocenters. The van der Waals surface area contributed by atoms with Gasteiger partial charge in [0.2, 0.25) is 0 Å². The fraction of sp³-hybridized carbons (Fsp3) is 0.625. The van der Waals surface area contributed by atoms with E-state index in [4.69, 9.17) is 4.74 Å². The molecule has 9 heteroatoms. The highest BCUT2D eigenvalue weighted by Crippen LogP contribution is 2.39. The molecule has 1 aromatic carbocycles. The van der Waals surface area contributed by atoms with Crippen molar-refractivity contribution in [2.75, 3.05) is 39.3 Å². The number of carbonyl (C=O) groups is 3. The minimum absolute atomic E-state index is 0.103. The van der Waals surface area contributed by atoms with Gasteiger partial charge in [0, 0.05) is 39.0 Å². The van der Waals surface area contributed by atoms with Crippen LogP contribution in [-0.2, 0) is 22.4 Å². The third-order valence-corrected chi connectivity index (χ3v) is 6.91. The van der Waals surface area contributed by atoms with Crippen molar-refractivity contribution >= 4 is 23.3 Å². The number of methoxy groups -OCH3 is 1. The predicted octanol–water partition coefficient (Wildman–Crippen LogP) is 2.30. The molecule has 0 aromatic heterocycles. The number of nitrogens with one attached hydrogen (secondary N) is 3. The Balaban J connectivity index is 1.90. The molecular weight excluding hydrogens is 424 g/mol. The summed E-state index contributed by atoms with van der Waals surface area (Å²) in [6.07, 6.45) is 5.54. The number of hydrogen-bond donors (Lipinski definition) is 4. The van der Waals surface area contributed by atoms with Gasteiger partial charge in [0.1, 0.15) is 11.4 Å². The second kappa shape index (κ2) is 11.0. The highest BCUT2D eigenvalue weighted by Gasteiger charge is 2.60. The van der Waals surface area contributed by atoms with Crippen molar-refractivity contribution in [1.82, 2.24) is 15.5 Å². The normalized spacial score (nSPS) is 22.7. The molecule has 33 heavy (non-hydrogen) atoms. The van der Waals surface area contributed by atoms with Crippen LogP contribution in [0.4, 0.5) is 10.5 Å². The Hall–Kier alpha value is -2.65. The van der Waals surface area contributed by atoms with E-state index in [2.05, 4.69) is 23.0 Å². The monoisotopic (exact) mass is 460 g/mol. The Morgan fingerprint density at radius 1 is 1.30 bits per heavy atom. The summed E-state index contributed by atoms with van der Waals surface area (Å²) in [7, 11) is 3.07. The Labute approximate surface area is 195 Å². The van der Waals surface area contributed by atoms with Crippen LogP contribution in [0.3, 0.4) is 0 Å². The largest absolute Gasteiger partial charge is 0.494 e. The SMILES string of the molecule is CCCCCCc1c(CC2CC(=O)[C@]3(CNCCN3C(=O)NC)C2=O)ccc(NO)c1OC. The lowest BCUT2D eigenvalue weighted by Gasteiger charge is -2.42. The topological polar surface area (TPSA) is 120 Å². The number of nitrogens with zero attached hydrogens (tertiary/aromatic N) is 1. The fourth-order valence-corrected chi connectivity index (χ4v) is 5.20. The molecule has 2 aliphatic rings. The van der Waals surface area contributed by atoms with Gasteiger partial charge in [0.05, 0.1) is 7.11 Å². The Morgan fingerprint density at radius 2 is 2.09 bits per heavy atom. The number of amides is 2. The van der Waals surface area contributed by atoms with Gasteiger partial charge >= 0.3 is 6.03 Å². The molecule has 1 saturated heterocycles. The standard InChI is InChI=1S/C24H36N4O5/c1-4-5-6-7-8-18-16(9-10-19(27-32)21(18)33-3)13-17-14-20(29)24(22(17)30)15-26-11-12-28(24)23(31)25-2/h9-10,17,26-27,32H,4-8,11-15H2,1-3H3,(H,25,31)/t17?,24-/m1/s1. The average Bonchev–Trinajstić information content (AvgIpc) is 3.06. The molecule has 0 bridgehead atoms. The summed E-state index contributed by atoms with van der Waals surface area (Å²) in [5.41, 5.74) is 3.09. The van der Waals surface area contributed by atoms with Crippen LogP contribution in [0, 0.1) is 5.92 Å². The Kier molecular flexibility index (Phi) is 8.31. The number of Topliss-reactive ketones (excluding diaryl/α,β-unsaturated/α-hetero) is 2. The van der Waals surface area contributed by atoms with E-state index in [1.165, 1.54) is 11.9 Å². The molecule has 2 atom stereocenters. The zero-order valence-corrected chi connectivity index (χ0v) is 19.8. The summed E-state index contributed by atoms with van der Waals surface area (Å²) >= 11 is 0. The lowest BCUT2D eigenvalue weighted by molar-refractivity contribution is -0.137. The van der Waals surface area contributed by atoms with Crippen molar-refractivity contribution in [1.29, 1.82) is 0 Å². The number of carbonyl (C=O) groups excluding carboxylic acids is 3. The first-order valence-corrected chi connectivity index (χ1v) is 11.8. The molecule has 3 rings (SSSR count). The van der Waals surface area contributed by atoms with E-state index in [-0.39, 0.29) is 24.5 Å². The van der Waals surface area contributed by atoms with Crippen molar-refractivity contribution in [3.05, 3.63) is 23.3 Å². The van der Waals surface area contributed by atoms with Crippen molar-refractivity contribution in [2.45, 2.75) is 57.4 Å². The lowest BCUT2D eigenvalue weighted by Crippen LogP contribution is -2.70. The molecule has 1 heterocycles. The number of benzene rings is 1. The minimum Gasteiger partial charge on any atom is -0.494 e. The summed E-state index contributed by atoms with van der Waals surface area (Å²) in [6, 6.07) is 3.20. The summed E-state index contributed by atoms with van der Waals surface area (Å²) in [4.78, 5) is 40.7. The molecule has 182 valence electrons. The van der Waals surface area contributed by atoms with Crippen LogP contribution in [-0.4, -0.2) is 67.0 Å². The van der Waals surface area contributed by atoms with Gasteiger partial charge < -0.3 is 20.3 Å². The molecule has 2 amide bonds. The van der Waals surface area contributed by atoms with Crippen LogP contribution in [0.1, 0.15) is 50.2 Å². The van der Waals surface area contributed by atoms with Crippen molar-refractivity contribution in [3.8, 4) is 5.75 Å². The van der Waals surface area contributed by atoms with E-state index in [1.54, 1.807) is 13.2 Å². The number of anilines is 1. The third kappa shape index (κ3) is 4.70. The summed E-state index contributed by atoms with van der Waals surface area (Å²) in [5.74, 6) is -0.372. The number of hydrogen-bond acceptors (Lipinski definition) is 7. The van der Waals surface area contributed by atoms with Gasteiger partial charge in [-0.3, -0.25) is 20.3 Å². The van der Waals surface area contributed by atoms with E-state index in [0.29, 0.717) is 30.9 Å². The van der Waals surface area contributed by atoms with E-state index in [9.17, 15) is 19.6 Å². The Bertz CT molecular complexity index is 890. The summed E-state index contributed by atoms with van der Waals surface area (Å²) in [5, 5.41) is 15.2. The molecule has 4 N–H and O–H groups in total. The van der Waals surface area contributed by atoms with Crippen LogP contribution in [0.2, 0.25) is 0 Å². The molecular formula is C24H36N4O5. The number of urea groups is 1. The van der Waals surface area contributed by atoms with Gasteiger partial charge in [0.15, 0.2) is 17.1 Å². The van der Waals surface area contributed by atoms with Crippen LogP contribution in [0.5, 0.6) is 5.75 Å². The van der Waals surface area contributed by atoms with Gasteiger partial charge in [-0.25, -0.2) is 4.79 Å². The summed E-state index contributed by atoms with van der Waals surface area (Å²) < 4.78 is 5.60. The predicted molar refractivity (Wildman–Crippen MR) is 125 cm³/mol. The van der Waals surface area contributed by atoms with Crippen molar-refractivity contribution in [2.24, 2.45) is 5.92 Å². The van der Waals surface area contributed by atoms with Crippen LogP contribution in [0.25, 0.3) is 0 Å². The number of ether oxygens (including phenoxy) is 1. The maximum absolute atomic E-state index is 13.6. The zero-order valence-electron chi connectivity index (χ0n) is 19.8. The molecule has 1 aliphatic heterocycles. The molecule has 1 aliphatic carbocycles. The number of unbranched alkanes of at least 4 members (excludes halogenated alkanes) is 3. The number of piperazine rings is 1. The molecule has 9 nitrogen and oxygen atoms in total. The van der Waals surface area contributed by atoms with Crippen LogP contribution < -0.4 is 20.9 Å². The molecule has 1 spiro atoms. The first-order chi connectivity index (χ1) is 15.9. The smallest absolute Gasteiger partial charge is 0.318 e. The fourth-order valence-electron chi connectivity index (χ4n) is 5.20. The lowest BCUT2D eigenvalue weighted by atomic mass is 9.86. The van der Waals surface area contributed by atoms with Gasteiger partial charge in [-0.05, 0) is 36.5 Å². The quantitative estimate of drug-likeness (QED) is 0.254. The van der Waals surface area contributed by atoms with E-state index < -0.39 is 17.5 Å². The maximum atomic E-state index is 13.6. The highest BCUT2D eigenvalue weighted by atomic mass is 16.5. The second-order valence-corrected chi connectivity index (χ2v) is 8.84. The first kappa shape index (κ1) is 25.0. The van der Waals surface area contributed by atoms with Crippen LogP contribution >= 0.6 is 0 Å². The molecule has 1 saturated carbocycles. The molecule has 0 radical (unpaired) electrons. The van der Waals surface area contributed by atoms with Gasteiger partial charge in [-0.1, -0.05) is 32.3 Å². The average molecular weight is 461 g/mol. The molecule has 1 aromatic rings. The van der Waals surface area contributed by atoms with Gasteiger partial charge in [0.25, 0.3) is 0 Å². The third-order valence-electron chi connectivity index (χ3n) is 6.91. The minimum atomic E-state index is -1.44. The first-order valence-electron chi connectivity index (χ1n) is 11.8. The van der Waals surface area contributed by atoms with Crippen molar-refractivity contribution < 1.29 is 24.3 Å². The van der Waals surface area contributed by atoms with E-state index in [1.807, 2.05) is 6.07 Å². The Morgan fingerprint density at radius 3 is 2.76 bits per heavy atom.